The minimum absolute atomic E-state index is 0.0352. The number of carbonyl (C=O) groups excluding carboxylic acids is 1. The van der Waals surface area contributed by atoms with E-state index in [1.54, 1.807) is 6.33 Å². The maximum Gasteiger partial charge on any atom is 0.227 e. The van der Waals surface area contributed by atoms with Crippen molar-refractivity contribution in [3.8, 4) is 5.75 Å². The average molecular weight is 384 g/mol. The van der Waals surface area contributed by atoms with Crippen molar-refractivity contribution < 1.29 is 14.3 Å². The maximum atomic E-state index is 13.1. The first kappa shape index (κ1) is 18.9. The molecule has 0 saturated carbocycles. The van der Waals surface area contributed by atoms with Crippen LogP contribution in [0, 0.1) is 5.41 Å². The Balaban J connectivity index is 1.50. The SMILES string of the molecule is CCOc1ccc(CC(=O)N2CC(c3nncn3C)C3(CCOCC3)C2)cc1. The van der Waals surface area contributed by atoms with E-state index >= 15 is 0 Å². The number of hydrogen-bond donors (Lipinski definition) is 0. The second-order valence-corrected chi connectivity index (χ2v) is 7.86. The summed E-state index contributed by atoms with van der Waals surface area (Å²) in [5.74, 6) is 2.18. The lowest BCUT2D eigenvalue weighted by atomic mass is 9.72. The van der Waals surface area contributed by atoms with Crippen molar-refractivity contribution in [2.24, 2.45) is 12.5 Å². The number of amides is 1. The molecular weight excluding hydrogens is 356 g/mol. The van der Waals surface area contributed by atoms with Gasteiger partial charge in [0.05, 0.1) is 13.0 Å². The van der Waals surface area contributed by atoms with Crippen LogP contribution >= 0.6 is 0 Å². The topological polar surface area (TPSA) is 69.5 Å². The van der Waals surface area contributed by atoms with Crippen molar-refractivity contribution in [2.75, 3.05) is 32.9 Å². The van der Waals surface area contributed by atoms with E-state index < -0.39 is 0 Å². The summed E-state index contributed by atoms with van der Waals surface area (Å²) in [6.45, 7) is 5.56. The molecular formula is C21H28N4O3. The van der Waals surface area contributed by atoms with Crippen LogP contribution in [0.4, 0.5) is 0 Å². The monoisotopic (exact) mass is 384 g/mol. The molecule has 2 aromatic rings. The summed E-state index contributed by atoms with van der Waals surface area (Å²) < 4.78 is 13.1. The summed E-state index contributed by atoms with van der Waals surface area (Å²) in [4.78, 5) is 15.1. The summed E-state index contributed by atoms with van der Waals surface area (Å²) >= 11 is 0. The molecule has 2 fully saturated rings. The highest BCUT2D eigenvalue weighted by Gasteiger charge is 2.50. The molecule has 28 heavy (non-hydrogen) atoms. The van der Waals surface area contributed by atoms with E-state index in [2.05, 4.69) is 10.2 Å². The first-order chi connectivity index (χ1) is 13.6. The summed E-state index contributed by atoms with van der Waals surface area (Å²) in [5.41, 5.74) is 1.05. The van der Waals surface area contributed by atoms with E-state index in [-0.39, 0.29) is 17.2 Å². The van der Waals surface area contributed by atoms with Crippen molar-refractivity contribution in [1.82, 2.24) is 19.7 Å². The van der Waals surface area contributed by atoms with Gasteiger partial charge >= 0.3 is 0 Å². The number of aromatic nitrogens is 3. The van der Waals surface area contributed by atoms with Crippen molar-refractivity contribution in [1.29, 1.82) is 0 Å². The number of hydrogen-bond acceptors (Lipinski definition) is 5. The molecule has 150 valence electrons. The zero-order chi connectivity index (χ0) is 19.6. The van der Waals surface area contributed by atoms with E-state index in [0.717, 1.165) is 49.7 Å². The molecule has 2 aliphatic rings. The van der Waals surface area contributed by atoms with Crippen LogP contribution in [-0.2, 0) is 23.0 Å². The largest absolute Gasteiger partial charge is 0.494 e. The number of aryl methyl sites for hydroxylation is 1. The molecule has 7 nitrogen and oxygen atoms in total. The Bertz CT molecular complexity index is 811. The molecule has 1 aromatic heterocycles. The number of ether oxygens (including phenoxy) is 2. The summed E-state index contributed by atoms with van der Waals surface area (Å²) in [6, 6.07) is 7.81. The minimum atomic E-state index is 0.0352. The Morgan fingerprint density at radius 2 is 2.04 bits per heavy atom. The number of benzene rings is 1. The van der Waals surface area contributed by atoms with Gasteiger partial charge in [0.15, 0.2) is 0 Å². The summed E-state index contributed by atoms with van der Waals surface area (Å²) in [6.07, 6.45) is 4.06. The Kier molecular flexibility index (Phi) is 5.35. The third kappa shape index (κ3) is 3.63. The Labute approximate surface area is 165 Å². The van der Waals surface area contributed by atoms with Gasteiger partial charge in [0, 0.05) is 44.7 Å². The predicted molar refractivity (Wildman–Crippen MR) is 104 cm³/mol. The van der Waals surface area contributed by atoms with Crippen LogP contribution in [0.3, 0.4) is 0 Å². The number of likely N-dealkylation sites (tertiary alicyclic amines) is 1. The van der Waals surface area contributed by atoms with Crippen molar-refractivity contribution in [3.05, 3.63) is 42.0 Å². The quantitative estimate of drug-likeness (QED) is 0.790. The molecule has 3 heterocycles. The molecule has 2 saturated heterocycles. The highest BCUT2D eigenvalue weighted by molar-refractivity contribution is 5.79. The van der Waals surface area contributed by atoms with Gasteiger partial charge in [0.25, 0.3) is 0 Å². The Hall–Kier alpha value is -2.41. The van der Waals surface area contributed by atoms with Crippen LogP contribution in [-0.4, -0.2) is 58.5 Å². The molecule has 1 atom stereocenters. The molecule has 0 N–H and O–H groups in total. The average Bonchev–Trinajstić information content (AvgIpc) is 3.28. The second-order valence-electron chi connectivity index (χ2n) is 7.86. The van der Waals surface area contributed by atoms with Gasteiger partial charge in [-0.15, -0.1) is 10.2 Å². The van der Waals surface area contributed by atoms with Crippen molar-refractivity contribution >= 4 is 5.91 Å². The van der Waals surface area contributed by atoms with Crippen LogP contribution in [0.5, 0.6) is 5.75 Å². The smallest absolute Gasteiger partial charge is 0.227 e. The fourth-order valence-electron chi connectivity index (χ4n) is 4.56. The Morgan fingerprint density at radius 3 is 2.68 bits per heavy atom. The molecule has 7 heteroatoms. The molecule has 2 aliphatic heterocycles. The van der Waals surface area contributed by atoms with Crippen LogP contribution < -0.4 is 4.74 Å². The van der Waals surface area contributed by atoms with Gasteiger partial charge in [-0.3, -0.25) is 4.79 Å². The number of nitrogens with zero attached hydrogens (tertiary/aromatic N) is 4. The lowest BCUT2D eigenvalue weighted by Gasteiger charge is -2.37. The van der Waals surface area contributed by atoms with Gasteiger partial charge in [0.1, 0.15) is 17.9 Å². The minimum Gasteiger partial charge on any atom is -0.494 e. The van der Waals surface area contributed by atoms with Crippen molar-refractivity contribution in [2.45, 2.75) is 32.1 Å². The molecule has 0 aliphatic carbocycles. The molecule has 1 amide bonds. The lowest BCUT2D eigenvalue weighted by molar-refractivity contribution is -0.130. The van der Waals surface area contributed by atoms with Crippen molar-refractivity contribution in [3.63, 3.8) is 0 Å². The van der Waals surface area contributed by atoms with E-state index in [4.69, 9.17) is 9.47 Å². The normalized spacial score (nSPS) is 21.2. The molecule has 4 rings (SSSR count). The second kappa shape index (κ2) is 7.91. The van der Waals surface area contributed by atoms with Crippen LogP contribution in [0.2, 0.25) is 0 Å². The fraction of sp³-hybridized carbons (Fsp3) is 0.571. The number of rotatable bonds is 5. The van der Waals surface area contributed by atoms with Gasteiger partial charge < -0.3 is 18.9 Å². The van der Waals surface area contributed by atoms with Gasteiger partial charge in [0.2, 0.25) is 5.91 Å². The van der Waals surface area contributed by atoms with Gasteiger partial charge in [-0.2, -0.15) is 0 Å². The Morgan fingerprint density at radius 1 is 1.29 bits per heavy atom. The van der Waals surface area contributed by atoms with Gasteiger partial charge in [-0.25, -0.2) is 0 Å². The van der Waals surface area contributed by atoms with E-state index in [1.165, 1.54) is 0 Å². The first-order valence-electron chi connectivity index (χ1n) is 10.0. The highest BCUT2D eigenvalue weighted by atomic mass is 16.5. The van der Waals surface area contributed by atoms with Gasteiger partial charge in [-0.05, 0) is 37.5 Å². The summed E-state index contributed by atoms with van der Waals surface area (Å²) in [7, 11) is 1.98. The van der Waals surface area contributed by atoms with E-state index in [9.17, 15) is 4.79 Å². The molecule has 0 radical (unpaired) electrons. The standard InChI is InChI=1S/C21H28N4O3/c1-3-28-17-6-4-16(5-7-17)12-19(26)25-13-18(20-23-22-15-24(20)2)21(14-25)8-10-27-11-9-21/h4-7,15,18H,3,8-14H2,1-2H3. The third-order valence-electron chi connectivity index (χ3n) is 6.14. The van der Waals surface area contributed by atoms with Gasteiger partial charge in [-0.1, -0.05) is 12.1 Å². The van der Waals surface area contributed by atoms with E-state index in [0.29, 0.717) is 19.6 Å². The van der Waals surface area contributed by atoms with Crippen LogP contribution in [0.1, 0.15) is 37.1 Å². The first-order valence-corrected chi connectivity index (χ1v) is 10.0. The lowest BCUT2D eigenvalue weighted by Crippen LogP contribution is -2.38. The number of carbonyl (C=O) groups is 1. The predicted octanol–water partition coefficient (Wildman–Crippen LogP) is 2.18. The maximum absolute atomic E-state index is 13.1. The molecule has 1 aromatic carbocycles. The third-order valence-corrected chi connectivity index (χ3v) is 6.14. The van der Waals surface area contributed by atoms with E-state index in [1.807, 2.05) is 47.7 Å². The fourth-order valence-corrected chi connectivity index (χ4v) is 4.56. The zero-order valence-corrected chi connectivity index (χ0v) is 16.6. The summed E-state index contributed by atoms with van der Waals surface area (Å²) in [5, 5.41) is 8.44. The zero-order valence-electron chi connectivity index (χ0n) is 16.6. The molecule has 1 spiro atoms. The van der Waals surface area contributed by atoms with Crippen LogP contribution in [0.25, 0.3) is 0 Å². The molecule has 0 bridgehead atoms. The molecule has 1 unspecified atom stereocenters. The van der Waals surface area contributed by atoms with Crippen LogP contribution in [0.15, 0.2) is 30.6 Å². The highest BCUT2D eigenvalue weighted by Crippen LogP contribution is 2.48.